The Labute approximate surface area is 90.4 Å². The van der Waals surface area contributed by atoms with Crippen LogP contribution in [0.25, 0.3) is 0 Å². The van der Waals surface area contributed by atoms with Crippen molar-refractivity contribution in [1.82, 2.24) is 4.90 Å². The number of methoxy groups -OCH3 is 1. The molecule has 0 spiro atoms. The van der Waals surface area contributed by atoms with E-state index < -0.39 is 31.3 Å². The average Bonchev–Trinajstić information content (AvgIpc) is 2.11. The lowest BCUT2D eigenvalue weighted by Gasteiger charge is -2.24. The Morgan fingerprint density at radius 1 is 1.50 bits per heavy atom. The van der Waals surface area contributed by atoms with Gasteiger partial charge in [-0.25, -0.2) is 0 Å². The number of hydrogen-bond acceptors (Lipinski definition) is 4. The third kappa shape index (κ3) is 6.59. The summed E-state index contributed by atoms with van der Waals surface area (Å²) in [6, 6.07) is 0. The zero-order valence-corrected chi connectivity index (χ0v) is 8.70. The highest BCUT2D eigenvalue weighted by molar-refractivity contribution is 5.69. The summed E-state index contributed by atoms with van der Waals surface area (Å²) in [7, 11) is 1.35. The third-order valence-electron chi connectivity index (χ3n) is 1.78. The maximum absolute atomic E-state index is 12.0. The monoisotopic (exact) mass is 245 g/mol. The second kappa shape index (κ2) is 6.66. The summed E-state index contributed by atoms with van der Waals surface area (Å²) in [6.45, 7) is -1.25. The van der Waals surface area contributed by atoms with E-state index in [2.05, 4.69) is 4.74 Å². The standard InChI is InChI=1S/C8H14F3NO4/c1-16-3-2-12(5-7(14)15)4-6(13)8(9,10)11/h6,13H,2-5H2,1H3,(H,14,15)/t6-/m0/s1. The molecule has 5 nitrogen and oxygen atoms in total. The summed E-state index contributed by atoms with van der Waals surface area (Å²) in [5, 5.41) is 17.2. The topological polar surface area (TPSA) is 70.0 Å². The van der Waals surface area contributed by atoms with Crippen LogP contribution in [0.4, 0.5) is 13.2 Å². The molecular formula is C8H14F3NO4. The Morgan fingerprint density at radius 2 is 2.06 bits per heavy atom. The molecule has 1 atom stereocenters. The smallest absolute Gasteiger partial charge is 0.415 e. The van der Waals surface area contributed by atoms with Gasteiger partial charge in [0.25, 0.3) is 0 Å². The highest BCUT2D eigenvalue weighted by Crippen LogP contribution is 2.20. The Hall–Kier alpha value is -0.860. The SMILES string of the molecule is COCCN(CC(=O)O)C[C@H](O)C(F)(F)F. The first kappa shape index (κ1) is 15.1. The Morgan fingerprint density at radius 3 is 2.44 bits per heavy atom. The van der Waals surface area contributed by atoms with Crippen molar-refractivity contribution in [2.24, 2.45) is 0 Å². The summed E-state index contributed by atoms with van der Waals surface area (Å²) in [6.07, 6.45) is -7.30. The van der Waals surface area contributed by atoms with E-state index in [1.54, 1.807) is 0 Å². The van der Waals surface area contributed by atoms with Crippen LogP contribution in [0.15, 0.2) is 0 Å². The fourth-order valence-electron chi connectivity index (χ4n) is 0.995. The number of carbonyl (C=O) groups is 1. The lowest BCUT2D eigenvalue weighted by Crippen LogP contribution is -2.44. The van der Waals surface area contributed by atoms with E-state index in [0.29, 0.717) is 0 Å². The molecule has 0 aliphatic rings. The molecule has 2 N–H and O–H groups in total. The summed E-state index contributed by atoms with van der Waals surface area (Å²) < 4.78 is 40.7. The molecule has 0 saturated heterocycles. The lowest BCUT2D eigenvalue weighted by molar-refractivity contribution is -0.208. The Bertz CT molecular complexity index is 222. The predicted octanol–water partition coefficient (Wildman–Crippen LogP) is -0.0574. The predicted molar refractivity (Wildman–Crippen MR) is 48.0 cm³/mol. The van der Waals surface area contributed by atoms with Gasteiger partial charge >= 0.3 is 12.1 Å². The number of carboxylic acids is 1. The highest BCUT2D eigenvalue weighted by atomic mass is 19.4. The fourth-order valence-corrected chi connectivity index (χ4v) is 0.995. The van der Waals surface area contributed by atoms with Gasteiger partial charge in [-0.2, -0.15) is 13.2 Å². The van der Waals surface area contributed by atoms with E-state index in [1.807, 2.05) is 0 Å². The van der Waals surface area contributed by atoms with Crippen LogP contribution in [0.1, 0.15) is 0 Å². The van der Waals surface area contributed by atoms with E-state index in [1.165, 1.54) is 7.11 Å². The van der Waals surface area contributed by atoms with Crippen molar-refractivity contribution in [2.45, 2.75) is 12.3 Å². The van der Waals surface area contributed by atoms with E-state index in [9.17, 15) is 18.0 Å². The van der Waals surface area contributed by atoms with Crippen molar-refractivity contribution in [3.63, 3.8) is 0 Å². The van der Waals surface area contributed by atoms with E-state index in [-0.39, 0.29) is 13.2 Å². The van der Waals surface area contributed by atoms with Gasteiger partial charge in [-0.05, 0) is 0 Å². The van der Waals surface area contributed by atoms with Gasteiger partial charge in [-0.15, -0.1) is 0 Å². The second-order valence-electron chi connectivity index (χ2n) is 3.18. The van der Waals surface area contributed by atoms with E-state index in [4.69, 9.17) is 10.2 Å². The first-order valence-corrected chi connectivity index (χ1v) is 4.45. The molecule has 0 rings (SSSR count). The van der Waals surface area contributed by atoms with Crippen molar-refractivity contribution in [1.29, 1.82) is 0 Å². The molecule has 0 radical (unpaired) electrons. The molecule has 0 saturated carbocycles. The van der Waals surface area contributed by atoms with Crippen LogP contribution >= 0.6 is 0 Å². The normalized spacial score (nSPS) is 14.1. The summed E-state index contributed by atoms with van der Waals surface area (Å²) >= 11 is 0. The van der Waals surface area contributed by atoms with Crippen LogP contribution in [0.5, 0.6) is 0 Å². The van der Waals surface area contributed by atoms with Crippen LogP contribution in [0.3, 0.4) is 0 Å². The van der Waals surface area contributed by atoms with Gasteiger partial charge in [0, 0.05) is 20.2 Å². The molecule has 0 aliphatic carbocycles. The minimum atomic E-state index is -4.75. The zero-order chi connectivity index (χ0) is 12.8. The number of hydrogen-bond donors (Lipinski definition) is 2. The zero-order valence-electron chi connectivity index (χ0n) is 8.70. The van der Waals surface area contributed by atoms with Gasteiger partial charge in [-0.1, -0.05) is 0 Å². The number of alkyl halides is 3. The largest absolute Gasteiger partial charge is 0.480 e. The molecule has 8 heteroatoms. The Kier molecular flexibility index (Phi) is 6.31. The van der Waals surface area contributed by atoms with Gasteiger partial charge in [-0.3, -0.25) is 9.69 Å². The summed E-state index contributed by atoms with van der Waals surface area (Å²) in [4.78, 5) is 11.3. The fraction of sp³-hybridized carbons (Fsp3) is 0.875. The first-order valence-electron chi connectivity index (χ1n) is 4.45. The second-order valence-corrected chi connectivity index (χ2v) is 3.18. The molecule has 0 fully saturated rings. The number of rotatable bonds is 7. The molecule has 96 valence electrons. The maximum atomic E-state index is 12.0. The van der Waals surface area contributed by atoms with Crippen LogP contribution in [0.2, 0.25) is 0 Å². The summed E-state index contributed by atoms with van der Waals surface area (Å²) in [5.74, 6) is -1.26. The van der Waals surface area contributed by atoms with Crippen molar-refractivity contribution in [3.05, 3.63) is 0 Å². The van der Waals surface area contributed by atoms with Crippen LogP contribution in [-0.4, -0.2) is 66.7 Å². The van der Waals surface area contributed by atoms with E-state index >= 15 is 0 Å². The Balaban J connectivity index is 4.24. The lowest BCUT2D eigenvalue weighted by atomic mass is 10.3. The first-order chi connectivity index (χ1) is 7.27. The molecule has 0 unspecified atom stereocenters. The van der Waals surface area contributed by atoms with Gasteiger partial charge in [0.15, 0.2) is 6.10 Å². The number of aliphatic carboxylic acids is 1. The van der Waals surface area contributed by atoms with Gasteiger partial charge < -0.3 is 14.9 Å². The molecule has 0 aromatic heterocycles. The number of nitrogens with zero attached hydrogens (tertiary/aromatic N) is 1. The molecule has 0 aromatic carbocycles. The number of aliphatic hydroxyl groups is 1. The van der Waals surface area contributed by atoms with Crippen LogP contribution < -0.4 is 0 Å². The van der Waals surface area contributed by atoms with Crippen molar-refractivity contribution in [3.8, 4) is 0 Å². The van der Waals surface area contributed by atoms with E-state index in [0.717, 1.165) is 4.90 Å². The number of aliphatic hydroxyl groups excluding tert-OH is 1. The number of carboxylic acid groups (broad SMARTS) is 1. The van der Waals surface area contributed by atoms with Crippen molar-refractivity contribution in [2.75, 3.05) is 33.4 Å². The van der Waals surface area contributed by atoms with Crippen molar-refractivity contribution < 1.29 is 32.9 Å². The minimum Gasteiger partial charge on any atom is -0.480 e. The van der Waals surface area contributed by atoms with Gasteiger partial charge in [0.1, 0.15) is 0 Å². The average molecular weight is 245 g/mol. The number of ether oxygens (including phenoxy) is 1. The molecular weight excluding hydrogens is 231 g/mol. The highest BCUT2D eigenvalue weighted by Gasteiger charge is 2.39. The molecule has 0 aliphatic heterocycles. The van der Waals surface area contributed by atoms with Crippen LogP contribution in [-0.2, 0) is 9.53 Å². The quantitative estimate of drug-likeness (QED) is 0.657. The molecule has 0 aromatic rings. The third-order valence-corrected chi connectivity index (χ3v) is 1.78. The molecule has 0 bridgehead atoms. The molecule has 0 amide bonds. The van der Waals surface area contributed by atoms with Crippen molar-refractivity contribution >= 4 is 5.97 Å². The van der Waals surface area contributed by atoms with Crippen LogP contribution in [0, 0.1) is 0 Å². The molecule has 16 heavy (non-hydrogen) atoms. The summed E-state index contributed by atoms with van der Waals surface area (Å²) in [5.41, 5.74) is 0. The molecule has 0 heterocycles. The maximum Gasteiger partial charge on any atom is 0.415 e. The van der Waals surface area contributed by atoms with Gasteiger partial charge in [0.05, 0.1) is 13.2 Å². The number of halogens is 3. The van der Waals surface area contributed by atoms with Gasteiger partial charge in [0.2, 0.25) is 0 Å². The minimum absolute atomic E-state index is 0.00986.